The molecule has 0 aromatic heterocycles. The van der Waals surface area contributed by atoms with Crippen molar-refractivity contribution in [2.45, 2.75) is 0 Å². The minimum absolute atomic E-state index is 0. The molecule has 2 N–H and O–H groups in total. The third kappa shape index (κ3) is 11.0. The first-order valence-electron chi connectivity index (χ1n) is 1.77. The average Bonchev–Trinajstić information content (AvgIpc) is 1.61. The Morgan fingerprint density at radius 3 is 1.33 bits per heavy atom. The molecule has 0 saturated carbocycles. The molecular weight excluding hydrogens is 176 g/mol. The number of hydrogen-bond donors (Lipinski definition) is 2. The Balaban J connectivity index is 0. The fourth-order valence-electron chi connectivity index (χ4n) is 0.143. The van der Waals surface area contributed by atoms with Gasteiger partial charge in [0.2, 0.25) is 0 Å². The first-order valence-corrected chi connectivity index (χ1v) is 1.77. The average molecular weight is 180 g/mol. The van der Waals surface area contributed by atoms with Gasteiger partial charge in [-0.3, -0.25) is 0 Å². The molecule has 0 spiro atoms. The van der Waals surface area contributed by atoms with Crippen molar-refractivity contribution in [1.82, 2.24) is 0 Å². The Kier molecular flexibility index (Phi) is 6.56. The molecular formula is C4H4CuO4+. The van der Waals surface area contributed by atoms with Gasteiger partial charge in [0.1, 0.15) is 0 Å². The van der Waals surface area contributed by atoms with Crippen LogP contribution in [0, 0.1) is 0 Å². The number of carboxylic acids is 2. The van der Waals surface area contributed by atoms with Gasteiger partial charge in [0.25, 0.3) is 0 Å². The monoisotopic (exact) mass is 179 g/mol. The molecule has 0 bridgehead atoms. The number of carbonyl (C=O) groups is 2. The maximum Gasteiger partial charge on any atom is 1.00 e. The Labute approximate surface area is 61.7 Å². The summed E-state index contributed by atoms with van der Waals surface area (Å²) in [6.07, 6.45) is 1.12. The molecule has 9 heavy (non-hydrogen) atoms. The van der Waals surface area contributed by atoms with Gasteiger partial charge in [-0.15, -0.1) is 0 Å². The van der Waals surface area contributed by atoms with Crippen molar-refractivity contribution in [2.24, 2.45) is 0 Å². The van der Waals surface area contributed by atoms with E-state index >= 15 is 0 Å². The quantitative estimate of drug-likeness (QED) is 0.451. The number of hydrogen-bond acceptors (Lipinski definition) is 2. The van der Waals surface area contributed by atoms with E-state index in [0.29, 0.717) is 12.2 Å². The number of carboxylic acid groups (broad SMARTS) is 2. The number of rotatable bonds is 2. The van der Waals surface area contributed by atoms with Gasteiger partial charge in [-0.25, -0.2) is 9.59 Å². The second kappa shape index (κ2) is 5.34. The third-order valence-corrected chi connectivity index (χ3v) is 0.368. The van der Waals surface area contributed by atoms with Gasteiger partial charge < -0.3 is 10.2 Å². The molecule has 0 unspecified atom stereocenters. The molecule has 0 aromatic rings. The normalized spacial score (nSPS) is 8.44. The molecule has 0 saturated heterocycles. The van der Waals surface area contributed by atoms with E-state index in [4.69, 9.17) is 10.2 Å². The van der Waals surface area contributed by atoms with Gasteiger partial charge in [0.05, 0.1) is 0 Å². The van der Waals surface area contributed by atoms with Crippen LogP contribution in [0.1, 0.15) is 0 Å². The fraction of sp³-hybridized carbons (Fsp3) is 0. The summed E-state index contributed by atoms with van der Waals surface area (Å²) in [6, 6.07) is 0. The van der Waals surface area contributed by atoms with Crippen molar-refractivity contribution >= 4 is 11.9 Å². The van der Waals surface area contributed by atoms with E-state index in [1.54, 1.807) is 0 Å². The molecule has 0 rings (SSSR count). The maximum atomic E-state index is 9.55. The van der Waals surface area contributed by atoms with Crippen LogP contribution < -0.4 is 0 Å². The summed E-state index contributed by atoms with van der Waals surface area (Å²) in [5, 5.41) is 15.6. The number of aliphatic carboxylic acids is 2. The third-order valence-electron chi connectivity index (χ3n) is 0.368. The van der Waals surface area contributed by atoms with Crippen molar-refractivity contribution in [3.8, 4) is 0 Å². The minimum atomic E-state index is -1.26. The Morgan fingerprint density at radius 2 is 1.22 bits per heavy atom. The minimum Gasteiger partial charge on any atom is -0.478 e. The molecule has 4 nitrogen and oxygen atoms in total. The van der Waals surface area contributed by atoms with Crippen molar-refractivity contribution in [1.29, 1.82) is 0 Å². The predicted molar refractivity (Wildman–Crippen MR) is 24.4 cm³/mol. The zero-order chi connectivity index (χ0) is 6.57. The van der Waals surface area contributed by atoms with E-state index in [1.807, 2.05) is 0 Å². The molecule has 0 heterocycles. The molecule has 0 aromatic carbocycles. The van der Waals surface area contributed by atoms with Crippen LogP contribution >= 0.6 is 0 Å². The first kappa shape index (κ1) is 11.1. The molecule has 0 aliphatic heterocycles. The Hall–Kier alpha value is -0.801. The van der Waals surface area contributed by atoms with E-state index in [2.05, 4.69) is 0 Å². The van der Waals surface area contributed by atoms with Crippen molar-refractivity contribution in [3.63, 3.8) is 0 Å². The molecule has 0 aliphatic carbocycles. The van der Waals surface area contributed by atoms with Gasteiger partial charge in [0, 0.05) is 12.2 Å². The maximum absolute atomic E-state index is 9.55. The van der Waals surface area contributed by atoms with E-state index in [0.717, 1.165) is 0 Å². The van der Waals surface area contributed by atoms with Crippen LogP contribution in [-0.2, 0) is 26.7 Å². The predicted octanol–water partition coefficient (Wildman–Crippen LogP) is -0.291. The summed E-state index contributed by atoms with van der Waals surface area (Å²) < 4.78 is 0. The molecule has 0 aliphatic rings. The molecule has 0 atom stereocenters. The summed E-state index contributed by atoms with van der Waals surface area (Å²) in [6.45, 7) is 0. The van der Waals surface area contributed by atoms with Gasteiger partial charge in [-0.1, -0.05) is 0 Å². The molecule has 0 fully saturated rings. The first-order chi connectivity index (χ1) is 3.63. The largest absolute Gasteiger partial charge is 1.00 e. The van der Waals surface area contributed by atoms with Gasteiger partial charge >= 0.3 is 29.0 Å². The topological polar surface area (TPSA) is 74.6 Å². The Bertz CT molecular complexity index is 124. The molecule has 0 radical (unpaired) electrons. The summed E-state index contributed by atoms with van der Waals surface area (Å²) >= 11 is 0. The van der Waals surface area contributed by atoms with Crippen LogP contribution in [-0.4, -0.2) is 22.2 Å². The zero-order valence-electron chi connectivity index (χ0n) is 4.17. The van der Waals surface area contributed by atoms with Crippen molar-refractivity contribution in [2.75, 3.05) is 0 Å². The van der Waals surface area contributed by atoms with E-state index < -0.39 is 11.9 Å². The fourth-order valence-corrected chi connectivity index (χ4v) is 0.143. The van der Waals surface area contributed by atoms with Crippen molar-refractivity contribution < 1.29 is 36.9 Å². The van der Waals surface area contributed by atoms with E-state index in [1.165, 1.54) is 0 Å². The summed E-state index contributed by atoms with van der Waals surface area (Å²) in [5.74, 6) is -2.51. The molecule has 0 amide bonds. The summed E-state index contributed by atoms with van der Waals surface area (Å²) in [4.78, 5) is 19.1. The van der Waals surface area contributed by atoms with Gasteiger partial charge in [0.15, 0.2) is 0 Å². The zero-order valence-corrected chi connectivity index (χ0v) is 5.11. The van der Waals surface area contributed by atoms with Crippen LogP contribution in [0.2, 0.25) is 0 Å². The molecule has 54 valence electrons. The second-order valence-electron chi connectivity index (χ2n) is 1.01. The summed E-state index contributed by atoms with van der Waals surface area (Å²) in [5.41, 5.74) is 0. The van der Waals surface area contributed by atoms with Gasteiger partial charge in [-0.05, 0) is 0 Å². The van der Waals surface area contributed by atoms with Crippen molar-refractivity contribution in [3.05, 3.63) is 12.2 Å². The van der Waals surface area contributed by atoms with Crippen LogP contribution in [0.4, 0.5) is 0 Å². The van der Waals surface area contributed by atoms with Crippen LogP contribution in [0.5, 0.6) is 0 Å². The van der Waals surface area contributed by atoms with Crippen LogP contribution in [0.3, 0.4) is 0 Å². The molecule has 5 heteroatoms. The van der Waals surface area contributed by atoms with Crippen LogP contribution in [0.15, 0.2) is 12.2 Å². The summed E-state index contributed by atoms with van der Waals surface area (Å²) in [7, 11) is 0. The van der Waals surface area contributed by atoms with E-state index in [9.17, 15) is 9.59 Å². The second-order valence-corrected chi connectivity index (χ2v) is 1.01. The standard InChI is InChI=1S/C4H4O4.Cu/c5-3(6)1-2-4(7)8;/h1-2H,(H,5,6)(H,7,8);/q;+1/b2-1-;. The SMILES string of the molecule is O=C(O)/C=C\C(=O)O.[Cu+]. The van der Waals surface area contributed by atoms with Gasteiger partial charge in [-0.2, -0.15) is 0 Å². The van der Waals surface area contributed by atoms with Crippen LogP contribution in [0.25, 0.3) is 0 Å². The van der Waals surface area contributed by atoms with E-state index in [-0.39, 0.29) is 17.1 Å². The smallest absolute Gasteiger partial charge is 0.478 e. The Morgan fingerprint density at radius 1 is 1.00 bits per heavy atom.